The summed E-state index contributed by atoms with van der Waals surface area (Å²) in [6, 6.07) is 9.91. The molecule has 0 aliphatic carbocycles. The number of ether oxygens (including phenoxy) is 2. The van der Waals surface area contributed by atoms with Crippen LogP contribution in [-0.2, 0) is 8.59 Å². The van der Waals surface area contributed by atoms with Gasteiger partial charge in [-0.2, -0.15) is 0 Å². The van der Waals surface area contributed by atoms with Crippen LogP contribution in [0.4, 0.5) is 0 Å². The molecule has 0 amide bonds. The molecule has 1 aromatic heterocycles. The molecular weight excluding hydrogens is 365 g/mol. The zero-order valence-electron chi connectivity index (χ0n) is 11.7. The van der Waals surface area contributed by atoms with E-state index in [4.69, 9.17) is 49.4 Å². The third-order valence-electron chi connectivity index (χ3n) is 2.69. The Labute approximate surface area is 147 Å². The summed E-state index contributed by atoms with van der Waals surface area (Å²) in [5, 5.41) is 8.54. The second-order valence-electron chi connectivity index (χ2n) is 4.45. The van der Waals surface area contributed by atoms with E-state index < -0.39 is 9.76 Å². The Hall–Kier alpha value is -1.69. The van der Waals surface area contributed by atoms with Gasteiger partial charge >= 0.3 is 5.97 Å². The fraction of sp³-hybridized carbons (Fsp3) is 0.200. The molecule has 0 spiro atoms. The van der Waals surface area contributed by atoms with Crippen molar-refractivity contribution in [2.24, 2.45) is 0 Å². The van der Waals surface area contributed by atoms with E-state index in [1.807, 2.05) is 0 Å². The average Bonchev–Trinajstić information content (AvgIpc) is 2.48. The normalized spacial score (nSPS) is 11.1. The van der Waals surface area contributed by atoms with Crippen LogP contribution in [0.1, 0.15) is 12.0 Å². The van der Waals surface area contributed by atoms with Crippen molar-refractivity contribution >= 4 is 40.8 Å². The Morgan fingerprint density at radius 3 is 2.26 bits per heavy atom. The molecule has 0 unspecified atom stereocenters. The number of nitrogens with zero attached hydrogens (tertiary/aromatic N) is 1. The fourth-order valence-corrected chi connectivity index (χ4v) is 1.92. The number of aliphatic carboxylic acids is 1. The highest BCUT2D eigenvalue weighted by molar-refractivity contribution is 6.66. The third-order valence-corrected chi connectivity index (χ3v) is 3.35. The number of carbonyl (C=O) groups is 1. The van der Waals surface area contributed by atoms with Gasteiger partial charge in [0.1, 0.15) is 11.5 Å². The molecule has 0 aliphatic rings. The zero-order chi connectivity index (χ0) is 16.9. The summed E-state index contributed by atoms with van der Waals surface area (Å²) in [7, 11) is 0. The standard InChI is InChI=1S/C15H12Cl3NO4/c16-15(17,18)10-1-6-13(19-9-10)23-12-4-2-11(3-5-12)22-8-7-14(20)21/h1-6,9H,7-8H2,(H,20,21). The molecule has 0 saturated carbocycles. The average molecular weight is 377 g/mol. The maximum Gasteiger partial charge on any atom is 0.306 e. The highest BCUT2D eigenvalue weighted by Crippen LogP contribution is 2.38. The molecule has 8 heteroatoms. The van der Waals surface area contributed by atoms with Crippen molar-refractivity contribution in [2.75, 3.05) is 6.61 Å². The zero-order valence-corrected chi connectivity index (χ0v) is 14.0. The first-order valence-electron chi connectivity index (χ1n) is 6.50. The van der Waals surface area contributed by atoms with Gasteiger partial charge in [0.2, 0.25) is 9.67 Å². The molecule has 1 N–H and O–H groups in total. The second kappa shape index (κ2) is 7.73. The molecule has 0 radical (unpaired) electrons. The van der Waals surface area contributed by atoms with E-state index in [0.717, 1.165) is 0 Å². The van der Waals surface area contributed by atoms with E-state index in [-0.39, 0.29) is 13.0 Å². The van der Waals surface area contributed by atoms with E-state index >= 15 is 0 Å². The number of carboxylic acids is 1. The molecule has 0 fully saturated rings. The van der Waals surface area contributed by atoms with Crippen LogP contribution < -0.4 is 9.47 Å². The monoisotopic (exact) mass is 375 g/mol. The molecular formula is C15H12Cl3NO4. The lowest BCUT2D eigenvalue weighted by atomic mass is 10.3. The van der Waals surface area contributed by atoms with Crippen molar-refractivity contribution in [1.29, 1.82) is 0 Å². The molecule has 23 heavy (non-hydrogen) atoms. The third kappa shape index (κ3) is 5.78. The molecule has 1 aromatic carbocycles. The topological polar surface area (TPSA) is 68.7 Å². The van der Waals surface area contributed by atoms with Crippen LogP contribution >= 0.6 is 34.8 Å². The molecule has 0 bridgehead atoms. The fourth-order valence-electron chi connectivity index (χ4n) is 1.59. The lowest BCUT2D eigenvalue weighted by Crippen LogP contribution is -2.04. The molecule has 0 saturated heterocycles. The van der Waals surface area contributed by atoms with Crippen LogP contribution in [0.25, 0.3) is 0 Å². The highest BCUT2D eigenvalue weighted by atomic mass is 35.6. The number of alkyl halides is 3. The Kier molecular flexibility index (Phi) is 5.93. The first-order valence-corrected chi connectivity index (χ1v) is 7.64. The Morgan fingerprint density at radius 1 is 1.09 bits per heavy atom. The molecule has 2 rings (SSSR count). The number of halogens is 3. The predicted octanol–water partition coefficient (Wildman–Crippen LogP) is 4.55. The van der Waals surface area contributed by atoms with Crippen LogP contribution in [-0.4, -0.2) is 22.7 Å². The summed E-state index contributed by atoms with van der Waals surface area (Å²) in [6.45, 7) is 0.107. The van der Waals surface area contributed by atoms with E-state index in [2.05, 4.69) is 4.98 Å². The van der Waals surface area contributed by atoms with Gasteiger partial charge in [0.25, 0.3) is 0 Å². The van der Waals surface area contributed by atoms with Crippen LogP contribution in [0.15, 0.2) is 42.6 Å². The van der Waals surface area contributed by atoms with Gasteiger partial charge in [0.15, 0.2) is 0 Å². The maximum absolute atomic E-state index is 10.4. The second-order valence-corrected chi connectivity index (χ2v) is 6.73. The minimum atomic E-state index is -1.53. The summed E-state index contributed by atoms with van der Waals surface area (Å²) in [4.78, 5) is 14.5. The quantitative estimate of drug-likeness (QED) is 0.749. The summed E-state index contributed by atoms with van der Waals surface area (Å²) in [5.41, 5.74) is 0.442. The Morgan fingerprint density at radius 2 is 1.74 bits per heavy atom. The Balaban J connectivity index is 1.94. The largest absolute Gasteiger partial charge is 0.493 e. The molecule has 0 aliphatic heterocycles. The Bertz CT molecular complexity index is 654. The van der Waals surface area contributed by atoms with Crippen molar-refractivity contribution in [3.05, 3.63) is 48.2 Å². The lowest BCUT2D eigenvalue weighted by Gasteiger charge is -2.11. The summed E-state index contributed by atoms with van der Waals surface area (Å²) in [5.74, 6) is 0.541. The van der Waals surface area contributed by atoms with Gasteiger partial charge in [-0.05, 0) is 30.3 Å². The van der Waals surface area contributed by atoms with Crippen LogP contribution in [0, 0.1) is 0 Å². The van der Waals surface area contributed by atoms with Gasteiger partial charge in [0, 0.05) is 17.8 Å². The summed E-state index contributed by atoms with van der Waals surface area (Å²) < 4.78 is 9.31. The van der Waals surface area contributed by atoms with Crippen molar-refractivity contribution in [3.8, 4) is 17.4 Å². The smallest absolute Gasteiger partial charge is 0.306 e. The molecule has 0 atom stereocenters. The number of pyridine rings is 1. The lowest BCUT2D eigenvalue weighted by molar-refractivity contribution is -0.137. The van der Waals surface area contributed by atoms with Crippen molar-refractivity contribution in [1.82, 2.24) is 4.98 Å². The first-order chi connectivity index (χ1) is 10.8. The van der Waals surface area contributed by atoms with Crippen LogP contribution in [0.5, 0.6) is 17.4 Å². The predicted molar refractivity (Wildman–Crippen MR) is 87.7 cm³/mol. The number of carboxylic acid groups (broad SMARTS) is 1. The highest BCUT2D eigenvalue weighted by Gasteiger charge is 2.22. The SMILES string of the molecule is O=C(O)CCOc1ccc(Oc2ccc(C(Cl)(Cl)Cl)cn2)cc1. The molecule has 1 heterocycles. The van der Waals surface area contributed by atoms with E-state index in [9.17, 15) is 4.79 Å². The van der Waals surface area contributed by atoms with E-state index in [1.54, 1.807) is 36.4 Å². The number of aromatic nitrogens is 1. The van der Waals surface area contributed by atoms with Crippen molar-refractivity contribution < 1.29 is 19.4 Å². The minimum Gasteiger partial charge on any atom is -0.493 e. The van der Waals surface area contributed by atoms with Crippen molar-refractivity contribution in [2.45, 2.75) is 10.2 Å². The van der Waals surface area contributed by atoms with Gasteiger partial charge < -0.3 is 14.6 Å². The van der Waals surface area contributed by atoms with E-state index in [0.29, 0.717) is 22.9 Å². The number of hydrogen-bond acceptors (Lipinski definition) is 4. The van der Waals surface area contributed by atoms with Crippen molar-refractivity contribution in [3.63, 3.8) is 0 Å². The van der Waals surface area contributed by atoms with Gasteiger partial charge in [-0.1, -0.05) is 34.8 Å². The molecule has 122 valence electrons. The molecule has 5 nitrogen and oxygen atoms in total. The number of rotatable bonds is 6. The van der Waals surface area contributed by atoms with Gasteiger partial charge in [-0.15, -0.1) is 0 Å². The van der Waals surface area contributed by atoms with Crippen LogP contribution in [0.2, 0.25) is 0 Å². The van der Waals surface area contributed by atoms with Gasteiger partial charge in [-0.25, -0.2) is 4.98 Å². The van der Waals surface area contributed by atoms with Gasteiger partial charge in [-0.3, -0.25) is 4.79 Å². The maximum atomic E-state index is 10.4. The summed E-state index contributed by atoms with van der Waals surface area (Å²) >= 11 is 17.2. The summed E-state index contributed by atoms with van der Waals surface area (Å²) in [6.07, 6.45) is 1.36. The van der Waals surface area contributed by atoms with Crippen LogP contribution in [0.3, 0.4) is 0 Å². The van der Waals surface area contributed by atoms with Gasteiger partial charge in [0.05, 0.1) is 13.0 Å². The molecule has 2 aromatic rings. The number of benzene rings is 1. The van der Waals surface area contributed by atoms with E-state index in [1.165, 1.54) is 6.20 Å². The minimum absolute atomic E-state index is 0.0578. The first kappa shape index (κ1) is 17.7. The number of hydrogen-bond donors (Lipinski definition) is 1.